The van der Waals surface area contributed by atoms with Crippen LogP contribution in [0.3, 0.4) is 0 Å². The number of carboxylic acids is 1. The Morgan fingerprint density at radius 2 is 2.20 bits per heavy atom. The molecule has 15 heavy (non-hydrogen) atoms. The lowest BCUT2D eigenvalue weighted by molar-refractivity contribution is -0.141. The van der Waals surface area contributed by atoms with Crippen molar-refractivity contribution in [1.29, 1.82) is 0 Å². The third-order valence-corrected chi connectivity index (χ3v) is 2.80. The summed E-state index contributed by atoms with van der Waals surface area (Å²) in [5, 5.41) is 18.2. The first-order valence-corrected chi connectivity index (χ1v) is 5.50. The summed E-state index contributed by atoms with van der Waals surface area (Å²) >= 11 is 3.30. The van der Waals surface area contributed by atoms with Gasteiger partial charge in [-0.3, -0.25) is 4.79 Å². The molecule has 0 fully saturated rings. The molecule has 1 unspecified atom stereocenters. The Morgan fingerprint density at radius 1 is 1.53 bits per heavy atom. The third-order valence-electron chi connectivity index (χ3n) is 2.31. The molecule has 0 bridgehead atoms. The van der Waals surface area contributed by atoms with Gasteiger partial charge in [-0.15, -0.1) is 0 Å². The van der Waals surface area contributed by atoms with E-state index in [1.807, 2.05) is 6.07 Å². The summed E-state index contributed by atoms with van der Waals surface area (Å²) in [6.07, 6.45) is 1.10. The van der Waals surface area contributed by atoms with Crippen LogP contribution in [0.5, 0.6) is 5.75 Å². The quantitative estimate of drug-likeness (QED) is 0.886. The lowest BCUT2D eigenvalue weighted by Gasteiger charge is -2.07. The minimum absolute atomic E-state index is 0.218. The van der Waals surface area contributed by atoms with E-state index in [0.717, 1.165) is 10.0 Å². The van der Waals surface area contributed by atoms with Gasteiger partial charge >= 0.3 is 5.97 Å². The molecule has 0 amide bonds. The zero-order valence-corrected chi connectivity index (χ0v) is 9.99. The average molecular weight is 273 g/mol. The van der Waals surface area contributed by atoms with Crippen LogP contribution in [0.2, 0.25) is 0 Å². The summed E-state index contributed by atoms with van der Waals surface area (Å²) in [7, 11) is 0. The summed E-state index contributed by atoms with van der Waals surface area (Å²) in [5.41, 5.74) is 0.775. The fraction of sp³-hybridized carbons (Fsp3) is 0.364. The number of aryl methyl sites for hydroxylation is 1. The Hall–Kier alpha value is -1.03. The van der Waals surface area contributed by atoms with Gasteiger partial charge < -0.3 is 10.2 Å². The molecule has 0 aliphatic rings. The van der Waals surface area contributed by atoms with E-state index >= 15 is 0 Å². The number of phenolic OH excluding ortho intramolecular Hbond substituents is 1. The number of phenols is 1. The molecule has 1 aromatic rings. The molecule has 0 aliphatic carbocycles. The molecule has 2 N–H and O–H groups in total. The second kappa shape index (κ2) is 5.16. The highest BCUT2D eigenvalue weighted by molar-refractivity contribution is 9.10. The van der Waals surface area contributed by atoms with Crippen molar-refractivity contribution in [2.75, 3.05) is 0 Å². The molecule has 82 valence electrons. The topological polar surface area (TPSA) is 57.5 Å². The van der Waals surface area contributed by atoms with Crippen LogP contribution >= 0.6 is 15.9 Å². The van der Waals surface area contributed by atoms with Gasteiger partial charge in [-0.25, -0.2) is 0 Å². The van der Waals surface area contributed by atoms with Crippen molar-refractivity contribution in [3.8, 4) is 5.75 Å². The summed E-state index contributed by atoms with van der Waals surface area (Å²) in [5.74, 6) is -0.969. The van der Waals surface area contributed by atoms with E-state index in [9.17, 15) is 9.90 Å². The van der Waals surface area contributed by atoms with Crippen LogP contribution in [0, 0.1) is 5.92 Å². The Kier molecular flexibility index (Phi) is 4.15. The number of benzene rings is 1. The summed E-state index contributed by atoms with van der Waals surface area (Å²) in [6.45, 7) is 1.66. The van der Waals surface area contributed by atoms with Crippen molar-refractivity contribution in [2.45, 2.75) is 19.8 Å². The fourth-order valence-electron chi connectivity index (χ4n) is 1.25. The molecule has 0 aromatic heterocycles. The third kappa shape index (κ3) is 3.55. The van der Waals surface area contributed by atoms with E-state index in [0.29, 0.717) is 12.8 Å². The molecule has 0 heterocycles. The predicted molar refractivity (Wildman–Crippen MR) is 60.9 cm³/mol. The van der Waals surface area contributed by atoms with Crippen LogP contribution < -0.4 is 0 Å². The van der Waals surface area contributed by atoms with Gasteiger partial charge in [-0.2, -0.15) is 0 Å². The van der Waals surface area contributed by atoms with Crippen LogP contribution in [-0.4, -0.2) is 16.2 Å². The van der Waals surface area contributed by atoms with Gasteiger partial charge in [0.05, 0.1) is 5.92 Å². The van der Waals surface area contributed by atoms with Crippen LogP contribution in [0.4, 0.5) is 0 Å². The van der Waals surface area contributed by atoms with Gasteiger partial charge in [-0.05, 0) is 36.6 Å². The van der Waals surface area contributed by atoms with Gasteiger partial charge in [-0.1, -0.05) is 22.9 Å². The number of carboxylic acid groups (broad SMARTS) is 1. The first-order chi connectivity index (χ1) is 7.00. The van der Waals surface area contributed by atoms with Gasteiger partial charge in [0.25, 0.3) is 0 Å². The molecule has 0 aliphatic heterocycles. The number of rotatable bonds is 4. The second-order valence-corrected chi connectivity index (χ2v) is 4.47. The van der Waals surface area contributed by atoms with Gasteiger partial charge in [0.15, 0.2) is 0 Å². The zero-order valence-electron chi connectivity index (χ0n) is 8.40. The maximum absolute atomic E-state index is 10.6. The molecule has 1 rings (SSSR count). The highest BCUT2D eigenvalue weighted by atomic mass is 79.9. The molecule has 0 saturated carbocycles. The molecular formula is C11H13BrO3. The molecule has 0 radical (unpaired) electrons. The fourth-order valence-corrected chi connectivity index (χ4v) is 1.66. The van der Waals surface area contributed by atoms with Crippen molar-refractivity contribution >= 4 is 21.9 Å². The van der Waals surface area contributed by atoms with Crippen molar-refractivity contribution in [3.05, 3.63) is 28.2 Å². The largest absolute Gasteiger partial charge is 0.508 e. The van der Waals surface area contributed by atoms with Crippen LogP contribution in [-0.2, 0) is 11.2 Å². The Labute approximate surface area is 96.9 Å². The smallest absolute Gasteiger partial charge is 0.306 e. The number of aromatic hydroxyl groups is 1. The van der Waals surface area contributed by atoms with Crippen LogP contribution in [0.1, 0.15) is 18.9 Å². The molecule has 3 nitrogen and oxygen atoms in total. The minimum atomic E-state index is -0.801. The minimum Gasteiger partial charge on any atom is -0.508 e. The van der Waals surface area contributed by atoms with Crippen molar-refractivity contribution < 1.29 is 15.0 Å². The van der Waals surface area contributed by atoms with Crippen molar-refractivity contribution in [2.24, 2.45) is 5.92 Å². The van der Waals surface area contributed by atoms with Gasteiger partial charge in [0.1, 0.15) is 5.75 Å². The highest BCUT2D eigenvalue weighted by Gasteiger charge is 2.11. The van der Waals surface area contributed by atoms with E-state index in [4.69, 9.17) is 5.11 Å². The van der Waals surface area contributed by atoms with Gasteiger partial charge in [0.2, 0.25) is 0 Å². The number of halogens is 1. The molecule has 1 aromatic carbocycles. The van der Waals surface area contributed by atoms with E-state index in [2.05, 4.69) is 15.9 Å². The summed E-state index contributed by atoms with van der Waals surface area (Å²) in [6, 6.07) is 5.16. The number of aliphatic carboxylic acids is 1. The number of hydrogen-bond donors (Lipinski definition) is 2. The lowest BCUT2D eigenvalue weighted by Crippen LogP contribution is -2.10. The maximum Gasteiger partial charge on any atom is 0.306 e. The average Bonchev–Trinajstić information content (AvgIpc) is 2.18. The van der Waals surface area contributed by atoms with Crippen molar-refractivity contribution in [3.63, 3.8) is 0 Å². The second-order valence-electron chi connectivity index (χ2n) is 3.55. The van der Waals surface area contributed by atoms with Crippen molar-refractivity contribution in [1.82, 2.24) is 0 Å². The first-order valence-electron chi connectivity index (χ1n) is 4.71. The number of hydrogen-bond acceptors (Lipinski definition) is 2. The van der Waals surface area contributed by atoms with Crippen LogP contribution in [0.15, 0.2) is 22.7 Å². The number of carbonyl (C=O) groups is 1. The highest BCUT2D eigenvalue weighted by Crippen LogP contribution is 2.24. The molecule has 1 atom stereocenters. The lowest BCUT2D eigenvalue weighted by atomic mass is 10.0. The standard InChI is InChI=1S/C11H13BrO3/c1-7(11(14)15)2-3-8-6-9(12)4-5-10(8)13/h4-7,13H,2-3H2,1H3,(H,14,15). The van der Waals surface area contributed by atoms with Gasteiger partial charge in [0, 0.05) is 4.47 Å². The maximum atomic E-state index is 10.6. The summed E-state index contributed by atoms with van der Waals surface area (Å²) < 4.78 is 0.887. The van der Waals surface area contributed by atoms with E-state index in [1.54, 1.807) is 19.1 Å². The van der Waals surface area contributed by atoms with Crippen LogP contribution in [0.25, 0.3) is 0 Å². The molecule has 0 saturated heterocycles. The SMILES string of the molecule is CC(CCc1cc(Br)ccc1O)C(=O)O. The normalized spacial score (nSPS) is 12.4. The Morgan fingerprint density at radius 3 is 2.80 bits per heavy atom. The predicted octanol–water partition coefficient (Wildman–Crippen LogP) is 2.81. The molecular weight excluding hydrogens is 260 g/mol. The van der Waals surface area contributed by atoms with E-state index < -0.39 is 5.97 Å². The molecule has 0 spiro atoms. The molecule has 4 heteroatoms. The monoisotopic (exact) mass is 272 g/mol. The van der Waals surface area contributed by atoms with E-state index in [-0.39, 0.29) is 11.7 Å². The Bertz CT molecular complexity index is 363. The zero-order chi connectivity index (χ0) is 11.4. The summed E-state index contributed by atoms with van der Waals surface area (Å²) in [4.78, 5) is 10.6. The first kappa shape index (κ1) is 12.0. The Balaban J connectivity index is 2.65. The van der Waals surface area contributed by atoms with E-state index in [1.165, 1.54) is 0 Å².